The van der Waals surface area contributed by atoms with Gasteiger partial charge in [-0.15, -0.1) is 15.0 Å². The average Bonchev–Trinajstić information content (AvgIpc) is 3.60. The van der Waals surface area contributed by atoms with Gasteiger partial charge in [-0.05, 0) is 73.0 Å². The van der Waals surface area contributed by atoms with Crippen LogP contribution in [0.25, 0.3) is 11.4 Å². The highest BCUT2D eigenvalue weighted by atomic mass is 16.6. The predicted octanol–water partition coefficient (Wildman–Crippen LogP) is 8.25. The second kappa shape index (κ2) is 13.4. The van der Waals surface area contributed by atoms with Crippen LogP contribution in [-0.2, 0) is 10.3 Å². The largest absolute Gasteiger partial charge is 0.457 e. The molecule has 0 bridgehead atoms. The summed E-state index contributed by atoms with van der Waals surface area (Å²) in [5.41, 5.74) is 1.71. The molecule has 0 spiro atoms. The summed E-state index contributed by atoms with van der Waals surface area (Å²) in [6.45, 7) is 5.16. The van der Waals surface area contributed by atoms with E-state index in [0.717, 1.165) is 21.6 Å². The molecule has 6 aromatic rings. The molecule has 0 N–H and O–H groups in total. The van der Waals surface area contributed by atoms with E-state index in [1.165, 1.54) is 25.2 Å². The van der Waals surface area contributed by atoms with E-state index in [1.54, 1.807) is 37.7 Å². The number of aromatic nitrogens is 4. The van der Waals surface area contributed by atoms with E-state index in [4.69, 9.17) is 14.6 Å². The molecule has 1 amide bonds. The van der Waals surface area contributed by atoms with Gasteiger partial charge >= 0.3 is 6.09 Å². The Balaban J connectivity index is 1.32. The van der Waals surface area contributed by atoms with Gasteiger partial charge in [0.15, 0.2) is 5.54 Å². The molecule has 1 aromatic heterocycles. The van der Waals surface area contributed by atoms with E-state index in [1.807, 2.05) is 66.7 Å². The molecule has 5 aromatic carbocycles. The topological polar surface area (TPSA) is 126 Å². The number of rotatable bonds is 9. The van der Waals surface area contributed by atoms with Gasteiger partial charge in [-0.3, -0.25) is 15.0 Å². The van der Waals surface area contributed by atoms with Gasteiger partial charge in [0.2, 0.25) is 5.82 Å². The molecule has 6 rings (SSSR count). The Morgan fingerprint density at radius 3 is 1.76 bits per heavy atom. The summed E-state index contributed by atoms with van der Waals surface area (Å²) in [6, 6.07) is 41.6. The molecule has 0 saturated heterocycles. The van der Waals surface area contributed by atoms with Gasteiger partial charge in [0.25, 0.3) is 5.69 Å². The Morgan fingerprint density at radius 1 is 0.755 bits per heavy atom. The lowest BCUT2D eigenvalue weighted by atomic mass is 9.77. The molecule has 0 unspecified atom stereocenters. The summed E-state index contributed by atoms with van der Waals surface area (Å²) in [4.78, 5) is 26.6. The predicted molar refractivity (Wildman–Crippen MR) is 186 cm³/mol. The fourth-order valence-electron chi connectivity index (χ4n) is 5.58. The number of nitro benzene ring substituents is 1. The minimum absolute atomic E-state index is 0.0351. The van der Waals surface area contributed by atoms with Gasteiger partial charge in [-0.2, -0.15) is 0 Å². The highest BCUT2D eigenvalue weighted by Crippen LogP contribution is 2.40. The van der Waals surface area contributed by atoms with Crippen molar-refractivity contribution in [3.05, 3.63) is 160 Å². The van der Waals surface area contributed by atoms with Crippen LogP contribution in [0.2, 0.25) is 0 Å². The van der Waals surface area contributed by atoms with Gasteiger partial charge in [0.1, 0.15) is 22.8 Å². The van der Waals surface area contributed by atoms with Crippen molar-refractivity contribution in [2.45, 2.75) is 31.9 Å². The Morgan fingerprint density at radius 2 is 1.27 bits per heavy atom. The Bertz CT molecular complexity index is 1970. The maximum atomic E-state index is 12.7. The molecule has 0 fully saturated rings. The number of tetrazole rings is 1. The number of hydrogen-bond donors (Lipinski definition) is 0. The highest BCUT2D eigenvalue weighted by molar-refractivity contribution is 5.90. The number of carbonyl (C=O) groups is 1. The third kappa shape index (κ3) is 6.72. The number of carbonyl (C=O) groups excluding carboxylic acids is 1. The number of ether oxygens (including phenoxy) is 2. The summed E-state index contributed by atoms with van der Waals surface area (Å²) >= 11 is 0. The van der Waals surface area contributed by atoms with Crippen LogP contribution < -0.4 is 9.64 Å². The first-order valence-electron chi connectivity index (χ1n) is 15.6. The lowest BCUT2D eigenvalue weighted by molar-refractivity contribution is -0.384. The molecule has 0 atom stereocenters. The SMILES string of the molecule is CN(C(=O)OC(C)(C)C)c1cc(Oc2ccc(-c3nnn(C(c4ccccc4)(c4ccccc4)c4ccccc4)n3)cc2)ccc1[N+](=O)[O-]. The van der Waals surface area contributed by atoms with Crippen LogP contribution >= 0.6 is 0 Å². The molecular formula is C38H34N6O5. The smallest absolute Gasteiger partial charge is 0.414 e. The molecule has 49 heavy (non-hydrogen) atoms. The van der Waals surface area contributed by atoms with Crippen LogP contribution in [0, 0.1) is 10.1 Å². The first-order valence-corrected chi connectivity index (χ1v) is 15.6. The average molecular weight is 655 g/mol. The van der Waals surface area contributed by atoms with Crippen molar-refractivity contribution >= 4 is 17.5 Å². The maximum Gasteiger partial charge on any atom is 0.414 e. The Hall–Kier alpha value is -6.36. The first-order chi connectivity index (χ1) is 23.6. The summed E-state index contributed by atoms with van der Waals surface area (Å²) < 4.78 is 11.5. The zero-order valence-corrected chi connectivity index (χ0v) is 27.4. The number of benzene rings is 5. The Kier molecular flexibility index (Phi) is 8.91. The number of hydrogen-bond acceptors (Lipinski definition) is 8. The fraction of sp³-hybridized carbons (Fsp3) is 0.158. The lowest BCUT2D eigenvalue weighted by Crippen LogP contribution is -2.39. The Labute approximate surface area is 283 Å². The number of anilines is 1. The molecule has 1 heterocycles. The van der Waals surface area contributed by atoms with Crippen LogP contribution in [0.4, 0.5) is 16.2 Å². The van der Waals surface area contributed by atoms with Gasteiger partial charge in [-0.1, -0.05) is 91.0 Å². The third-order valence-corrected chi connectivity index (χ3v) is 7.81. The number of nitro groups is 1. The maximum absolute atomic E-state index is 12.7. The summed E-state index contributed by atoms with van der Waals surface area (Å²) in [6.07, 6.45) is -0.728. The van der Waals surface area contributed by atoms with Crippen molar-refractivity contribution in [2.24, 2.45) is 0 Å². The minimum atomic E-state index is -0.905. The summed E-state index contributed by atoms with van der Waals surface area (Å²) in [5, 5.41) is 25.8. The van der Waals surface area contributed by atoms with Gasteiger partial charge in [0.05, 0.1) is 4.92 Å². The van der Waals surface area contributed by atoms with Crippen molar-refractivity contribution in [3.63, 3.8) is 0 Å². The molecule has 0 aliphatic carbocycles. The van der Waals surface area contributed by atoms with Crippen molar-refractivity contribution in [1.29, 1.82) is 0 Å². The van der Waals surface area contributed by atoms with Crippen LogP contribution in [0.1, 0.15) is 37.5 Å². The molecule has 246 valence electrons. The highest BCUT2D eigenvalue weighted by Gasteiger charge is 2.41. The standard InChI is InChI=1S/C38H34N6O5/c1-37(2,3)49-36(45)42(4)34-26-32(24-25-33(34)43(46)47)48-31-22-20-27(21-23-31)35-39-41-44(40-35)38(28-14-8-5-9-15-28,29-16-10-6-11-17-29)30-18-12-7-13-19-30/h5-26H,1-4H3. The normalized spacial score (nSPS) is 11.5. The van der Waals surface area contributed by atoms with E-state index in [-0.39, 0.29) is 11.4 Å². The van der Waals surface area contributed by atoms with Crippen molar-refractivity contribution in [3.8, 4) is 22.9 Å². The summed E-state index contributed by atoms with van der Waals surface area (Å²) in [5.74, 6) is 1.17. The quantitative estimate of drug-likeness (QED) is 0.0867. The van der Waals surface area contributed by atoms with Gasteiger partial charge < -0.3 is 9.47 Å². The van der Waals surface area contributed by atoms with E-state index in [9.17, 15) is 14.9 Å². The van der Waals surface area contributed by atoms with Crippen LogP contribution in [0.3, 0.4) is 0 Å². The molecule has 0 aliphatic heterocycles. The summed E-state index contributed by atoms with van der Waals surface area (Å²) in [7, 11) is 1.41. The van der Waals surface area contributed by atoms with Gasteiger partial charge in [-0.25, -0.2) is 4.79 Å². The van der Waals surface area contributed by atoms with Gasteiger partial charge in [0, 0.05) is 24.7 Å². The molecular weight excluding hydrogens is 620 g/mol. The number of amides is 1. The van der Waals surface area contributed by atoms with Crippen molar-refractivity contribution in [2.75, 3.05) is 11.9 Å². The molecule has 11 heteroatoms. The molecule has 0 saturated carbocycles. The minimum Gasteiger partial charge on any atom is -0.457 e. The van der Waals surface area contributed by atoms with Crippen molar-refractivity contribution in [1.82, 2.24) is 20.2 Å². The monoisotopic (exact) mass is 654 g/mol. The zero-order valence-electron chi connectivity index (χ0n) is 27.4. The van der Waals surface area contributed by atoms with Crippen LogP contribution in [0.15, 0.2) is 133 Å². The van der Waals surface area contributed by atoms with Crippen LogP contribution in [0.5, 0.6) is 11.5 Å². The number of nitrogens with zero attached hydrogens (tertiary/aromatic N) is 6. The van der Waals surface area contributed by atoms with E-state index in [0.29, 0.717) is 22.9 Å². The third-order valence-electron chi connectivity index (χ3n) is 7.81. The van der Waals surface area contributed by atoms with E-state index < -0.39 is 22.2 Å². The molecule has 11 nitrogen and oxygen atoms in total. The van der Waals surface area contributed by atoms with Crippen LogP contribution in [-0.4, -0.2) is 43.9 Å². The van der Waals surface area contributed by atoms with E-state index >= 15 is 0 Å². The molecule has 0 aliphatic rings. The zero-order chi connectivity index (χ0) is 34.6. The first kappa shape index (κ1) is 32.6. The van der Waals surface area contributed by atoms with E-state index in [2.05, 4.69) is 46.7 Å². The second-order valence-electron chi connectivity index (χ2n) is 12.3. The fourth-order valence-corrected chi connectivity index (χ4v) is 5.58. The molecule has 0 radical (unpaired) electrons. The lowest BCUT2D eigenvalue weighted by Gasteiger charge is -2.34. The second-order valence-corrected chi connectivity index (χ2v) is 12.3. The van der Waals surface area contributed by atoms with Crippen molar-refractivity contribution < 1.29 is 19.2 Å².